The average molecular weight is 971 g/mol. The van der Waals surface area contributed by atoms with Gasteiger partial charge in [0.1, 0.15) is 0 Å². The maximum absolute atomic E-state index is 8.26. The molecule has 4 aromatic heterocycles. The van der Waals surface area contributed by atoms with Crippen LogP contribution in [0.25, 0.3) is 24.3 Å². The molecule has 6 rings (SSSR count). The molecule has 4 aromatic rings. The molecule has 0 N–H and O–H groups in total. The maximum atomic E-state index is 8.26. The molecule has 0 radical (unpaired) electrons. The van der Waals surface area contributed by atoms with Crippen LogP contribution in [0.3, 0.4) is 0 Å². The molecule has 7 heteroatoms. The summed E-state index contributed by atoms with van der Waals surface area (Å²) in [4.78, 5) is 9.40. The fourth-order valence-corrected chi connectivity index (χ4v) is 23.8. The first kappa shape index (κ1) is 39.5. The molecule has 0 amide bonds. The van der Waals surface area contributed by atoms with E-state index in [-0.39, 0.29) is 10.1 Å². The normalized spacial score (nSPS) is 24.1. The van der Waals surface area contributed by atoms with Crippen molar-refractivity contribution in [2.45, 2.75) is 89.6 Å². The van der Waals surface area contributed by atoms with E-state index in [1.807, 2.05) is 0 Å². The third-order valence-corrected chi connectivity index (χ3v) is 30.5. The van der Waals surface area contributed by atoms with Gasteiger partial charge < -0.3 is 0 Å². The molecule has 0 aromatic carbocycles. The van der Waals surface area contributed by atoms with Gasteiger partial charge in [-0.2, -0.15) is 0 Å². The summed E-state index contributed by atoms with van der Waals surface area (Å²) in [5.74, 6) is 0.769. The van der Waals surface area contributed by atoms with Crippen LogP contribution in [0, 0.1) is 11.8 Å². The van der Waals surface area contributed by atoms with Gasteiger partial charge in [0.15, 0.2) is 0 Å². The van der Waals surface area contributed by atoms with E-state index in [1.54, 1.807) is 11.1 Å². The van der Waals surface area contributed by atoms with E-state index in [1.165, 1.54) is 28.9 Å². The van der Waals surface area contributed by atoms with Gasteiger partial charge in [0.25, 0.3) is 0 Å². The van der Waals surface area contributed by atoms with E-state index in [0.29, 0.717) is 69.9 Å². The Morgan fingerprint density at radius 1 is 0.569 bits per heavy atom. The quantitative estimate of drug-likeness (QED) is 0.144. The third-order valence-electron chi connectivity index (χ3n) is 11.3. The summed E-state index contributed by atoms with van der Waals surface area (Å²) in [7, 11) is -4.77. The Hall–Kier alpha value is -1.17. The van der Waals surface area contributed by atoms with Crippen molar-refractivity contribution >= 4 is 99.0 Å². The molecule has 4 unspecified atom stereocenters. The summed E-state index contributed by atoms with van der Waals surface area (Å²) in [6, 6.07) is 20.6. The fourth-order valence-electron chi connectivity index (χ4n) is 7.19. The van der Waals surface area contributed by atoms with Crippen molar-refractivity contribution < 1.29 is 4.12 Å². The Labute approximate surface area is 334 Å². The van der Waals surface area contributed by atoms with Crippen molar-refractivity contribution in [3.8, 4) is 0 Å². The van der Waals surface area contributed by atoms with Crippen LogP contribution in [0.4, 0.5) is 0 Å². The molecule has 2 aliphatic carbocycles. The van der Waals surface area contributed by atoms with Gasteiger partial charge in [-0.25, -0.2) is 0 Å². The Balaban J connectivity index is 1.42. The van der Waals surface area contributed by atoms with Crippen molar-refractivity contribution in [3.63, 3.8) is 0 Å². The zero-order chi connectivity index (χ0) is 36.3. The standard InChI is InChI=1S/C44H54OSe4Si2/c1-43(2,3)50(7,31-41-33(27-37-19-11-23-46-37)15-9-16-34(41)28-38-20-12-24-47-38)45-51(8,44(4,5)6)32-42-35(29-39-21-13-25-48-39)17-10-18-36(42)30-40-22-14-26-49-40/h9-15,17,19-30,41-42H,16,18,31-32H2,1-8H3. The number of allylic oxidation sites excluding steroid dienone is 8. The Morgan fingerprint density at radius 2 is 0.902 bits per heavy atom. The minimum atomic E-state index is -2.39. The van der Waals surface area contributed by atoms with Crippen LogP contribution >= 0.6 is 0 Å². The SMILES string of the molecule is CC(C)(C)[Si](C)(CC1C(=Cc2ccc[se]2)C=CCC1=Cc1ccc[se]1)O[Si](C)(CC1C(=Cc2ccc[se]2)C=CCC1=Cc1ccc[se]1)C(C)(C)C. The van der Waals surface area contributed by atoms with Gasteiger partial charge in [0.05, 0.1) is 0 Å². The van der Waals surface area contributed by atoms with E-state index >= 15 is 0 Å². The van der Waals surface area contributed by atoms with E-state index < -0.39 is 16.6 Å². The van der Waals surface area contributed by atoms with Crippen molar-refractivity contribution in [2.75, 3.05) is 0 Å². The molecule has 0 bridgehead atoms. The monoisotopic (exact) mass is 974 g/mol. The van der Waals surface area contributed by atoms with Gasteiger partial charge in [-0.15, -0.1) is 0 Å². The zero-order valence-electron chi connectivity index (χ0n) is 31.6. The predicted molar refractivity (Wildman–Crippen MR) is 233 cm³/mol. The van der Waals surface area contributed by atoms with Crippen molar-refractivity contribution in [1.82, 2.24) is 0 Å². The molecule has 0 spiro atoms. The molecule has 51 heavy (non-hydrogen) atoms. The van der Waals surface area contributed by atoms with E-state index in [4.69, 9.17) is 4.12 Å². The summed E-state index contributed by atoms with van der Waals surface area (Å²) >= 11 is 1.72. The van der Waals surface area contributed by atoms with Crippen LogP contribution in [0.1, 0.15) is 72.1 Å². The molecule has 4 atom stereocenters. The second-order valence-corrected chi connectivity index (χ2v) is 34.4. The second kappa shape index (κ2) is 16.7. The summed E-state index contributed by atoms with van der Waals surface area (Å²) < 4.78 is 14.2. The van der Waals surface area contributed by atoms with Crippen molar-refractivity contribution in [3.05, 3.63) is 133 Å². The van der Waals surface area contributed by atoms with Crippen LogP contribution in [0.15, 0.2) is 115 Å². The number of rotatable bonds is 10. The van der Waals surface area contributed by atoms with Crippen LogP contribution < -0.4 is 0 Å². The predicted octanol–water partition coefficient (Wildman–Crippen LogP) is 11.5. The third kappa shape index (κ3) is 9.75. The topological polar surface area (TPSA) is 9.23 Å². The van der Waals surface area contributed by atoms with Gasteiger partial charge in [0, 0.05) is 0 Å². The summed E-state index contributed by atoms with van der Waals surface area (Å²) in [5.41, 5.74) is 6.14. The molecule has 4 heterocycles. The van der Waals surface area contributed by atoms with Crippen LogP contribution in [-0.2, 0) is 4.12 Å². The van der Waals surface area contributed by atoms with Crippen LogP contribution in [-0.4, -0.2) is 74.6 Å². The van der Waals surface area contributed by atoms with Gasteiger partial charge in [-0.3, -0.25) is 0 Å². The van der Waals surface area contributed by atoms with Crippen molar-refractivity contribution in [2.24, 2.45) is 11.8 Å². The zero-order valence-corrected chi connectivity index (χ0v) is 40.4. The molecule has 0 aliphatic heterocycles. The van der Waals surface area contributed by atoms with Gasteiger partial charge in [-0.1, -0.05) is 0 Å². The fraction of sp³-hybridized carbons (Fsp3) is 0.364. The van der Waals surface area contributed by atoms with E-state index in [9.17, 15) is 0 Å². The Morgan fingerprint density at radius 3 is 1.20 bits per heavy atom. The number of hydrogen-bond acceptors (Lipinski definition) is 1. The van der Waals surface area contributed by atoms with Gasteiger partial charge in [-0.05, 0) is 0 Å². The van der Waals surface area contributed by atoms with Crippen molar-refractivity contribution in [1.29, 1.82) is 0 Å². The number of hydrogen-bond donors (Lipinski definition) is 0. The minimum absolute atomic E-state index is 0.0790. The first-order valence-corrected chi connectivity index (χ1v) is 30.9. The molecule has 2 aliphatic rings. The molecule has 0 saturated carbocycles. The molecule has 0 fully saturated rings. The summed E-state index contributed by atoms with van der Waals surface area (Å²) in [5, 5.41) is 0.158. The molecule has 268 valence electrons. The first-order chi connectivity index (χ1) is 24.2. The molecule has 0 saturated heterocycles. The summed E-state index contributed by atoms with van der Waals surface area (Å²) in [6.07, 6.45) is 22.0. The van der Waals surface area contributed by atoms with Gasteiger partial charge in [0.2, 0.25) is 0 Å². The molecular formula is C44H54OSe4Si2. The van der Waals surface area contributed by atoms with Crippen LogP contribution in [0.5, 0.6) is 0 Å². The Bertz CT molecular complexity index is 1770. The Kier molecular flexibility index (Phi) is 12.9. The molecular weight excluding hydrogens is 916 g/mol. The average Bonchev–Trinajstić information content (AvgIpc) is 3.89. The van der Waals surface area contributed by atoms with Crippen LogP contribution in [0.2, 0.25) is 35.3 Å². The van der Waals surface area contributed by atoms with E-state index in [0.717, 1.165) is 24.9 Å². The first-order valence-electron chi connectivity index (χ1n) is 18.2. The second-order valence-electron chi connectivity index (χ2n) is 16.6. The van der Waals surface area contributed by atoms with E-state index in [2.05, 4.69) is 172 Å². The summed E-state index contributed by atoms with van der Waals surface area (Å²) in [6.45, 7) is 20.2. The molecule has 1 nitrogen and oxygen atoms in total. The van der Waals surface area contributed by atoms with Gasteiger partial charge >= 0.3 is 337 Å².